The van der Waals surface area contributed by atoms with Crippen molar-refractivity contribution >= 4 is 17.4 Å². The molecule has 1 aromatic rings. The van der Waals surface area contributed by atoms with Crippen LogP contribution in [-0.4, -0.2) is 4.37 Å². The summed E-state index contributed by atoms with van der Waals surface area (Å²) in [6.45, 7) is 0. The van der Waals surface area contributed by atoms with Gasteiger partial charge in [-0.15, -0.1) is 0 Å². The molecule has 0 aliphatic rings. The Balaban J connectivity index is 3.05. The van der Waals surface area contributed by atoms with Gasteiger partial charge in [0.15, 0.2) is 2.82 Å². The summed E-state index contributed by atoms with van der Waals surface area (Å²) < 4.78 is 31.1. The maximum Gasteiger partial charge on any atom is 0.158 e. The molecule has 2 N–H and O–H groups in total. The van der Waals surface area contributed by atoms with Crippen LogP contribution >= 0.6 is 11.5 Å². The maximum absolute atomic E-state index is 7.08. The van der Waals surface area contributed by atoms with Crippen molar-refractivity contribution in [2.24, 2.45) is 0 Å². The van der Waals surface area contributed by atoms with E-state index in [4.69, 9.17) is 5.57 Å². The van der Waals surface area contributed by atoms with E-state index in [9.17, 15) is 0 Å². The van der Waals surface area contributed by atoms with Gasteiger partial charge in [0.1, 0.15) is 5.82 Å². The van der Waals surface area contributed by atoms with Crippen LogP contribution in [0.15, 0.2) is 11.4 Å². The van der Waals surface area contributed by atoms with Crippen LogP contribution in [0.2, 0.25) is 2.82 Å². The number of nitrogen functional groups attached to an aromatic ring is 1. The van der Waals surface area contributed by atoms with E-state index >= 15 is 0 Å². The van der Waals surface area contributed by atoms with Gasteiger partial charge in [-0.1, -0.05) is 0 Å². The summed E-state index contributed by atoms with van der Waals surface area (Å²) in [6.07, 6.45) is 0. The number of nitrogens with two attached hydrogens (primary N) is 1. The van der Waals surface area contributed by atoms with E-state index in [1.807, 2.05) is 0 Å². The van der Waals surface area contributed by atoms with Crippen LogP contribution in [0.25, 0.3) is 0 Å². The molecule has 1 heterocycles. The Hall–Kier alpha value is -0.570. The van der Waals surface area contributed by atoms with Crippen molar-refractivity contribution in [2.45, 2.75) is 0 Å². The lowest BCUT2D eigenvalue weighted by Crippen LogP contribution is -1.78. The van der Waals surface area contributed by atoms with Crippen molar-refractivity contribution < 1.29 is 5.57 Å². The molecule has 6 heavy (non-hydrogen) atoms. The second-order valence-electron chi connectivity index (χ2n) is 0.733. The standard InChI is InChI=1S/C3H4N2S/c4-3-1-2-6-5-3/h1-2H,(H2,4,5)/i1D,2D/hD2. The van der Waals surface area contributed by atoms with Crippen LogP contribution in [0.3, 0.4) is 0 Å². The van der Waals surface area contributed by atoms with Gasteiger partial charge in [-0.3, -0.25) is 0 Å². The highest BCUT2D eigenvalue weighted by Crippen LogP contribution is 1.97. The quantitative estimate of drug-likeness (QED) is 0.570. The molecule has 32 valence electrons. The number of hydrogen-bond acceptors (Lipinski definition) is 3. The van der Waals surface area contributed by atoms with Crippen LogP contribution in [0, 0.1) is 0 Å². The molecule has 0 spiro atoms. The van der Waals surface area contributed by atoms with E-state index in [2.05, 4.69) is 4.37 Å². The Morgan fingerprint density at radius 2 is 3.33 bits per heavy atom. The molecule has 0 saturated heterocycles. The molecule has 3 heteroatoms. The number of hydrogen-bond donors (Lipinski definition) is 1. The van der Waals surface area contributed by atoms with Gasteiger partial charge in [0.25, 0.3) is 0 Å². The van der Waals surface area contributed by atoms with E-state index in [1.165, 1.54) is 0 Å². The normalized spacial score (nSPS) is 17.3. The minimum absolute atomic E-state index is 0.0144. The molecule has 0 atom stereocenters. The molecule has 0 amide bonds. The van der Waals surface area contributed by atoms with E-state index in [1.54, 1.807) is 0 Å². The van der Waals surface area contributed by atoms with Gasteiger partial charge in [-0.05, 0) is 17.6 Å². The molecule has 0 radical (unpaired) electrons. The molecule has 1 aromatic heterocycles. The summed E-state index contributed by atoms with van der Waals surface area (Å²) in [5.41, 5.74) is 0.233. The number of nitrogens with zero attached hydrogens (tertiary/aromatic N) is 1. The molecular formula is C3H4N2S. The average Bonchev–Trinajstić information content (AvgIpc) is 2.14. The van der Waals surface area contributed by atoms with Crippen molar-refractivity contribution in [1.82, 2.24) is 4.37 Å². The fourth-order valence-corrected chi connectivity index (χ4v) is 0.472. The summed E-state index contributed by atoms with van der Waals surface area (Å²) in [4.78, 5) is 0. The molecule has 0 bridgehead atoms. The summed E-state index contributed by atoms with van der Waals surface area (Å²) in [5.74, 6) is -0.0880. The van der Waals surface area contributed by atoms with Gasteiger partial charge in [0.2, 0.25) is 0 Å². The topological polar surface area (TPSA) is 38.9 Å². The lowest BCUT2D eigenvalue weighted by molar-refractivity contribution is 1.57. The van der Waals surface area contributed by atoms with E-state index in [0.717, 1.165) is 11.5 Å². The first-order valence-electron chi connectivity index (χ1n) is 3.23. The molecule has 0 aromatic carbocycles. The van der Waals surface area contributed by atoms with Crippen molar-refractivity contribution in [1.29, 1.82) is 0 Å². The minimum atomic E-state index is -0.157. The fourth-order valence-electron chi connectivity index (χ4n) is 0.157. The van der Waals surface area contributed by atoms with Gasteiger partial charge in [0.05, 0.1) is 2.74 Å². The molecule has 0 aliphatic carbocycles. The second kappa shape index (κ2) is 1.26. The van der Waals surface area contributed by atoms with E-state index in [0.29, 0.717) is 0 Å². The van der Waals surface area contributed by atoms with Gasteiger partial charge >= 0.3 is 0 Å². The van der Waals surface area contributed by atoms with Crippen molar-refractivity contribution in [2.75, 3.05) is 5.72 Å². The Labute approximate surface area is 45.5 Å². The molecule has 0 aliphatic heterocycles. The van der Waals surface area contributed by atoms with Crippen LogP contribution in [0.4, 0.5) is 5.82 Å². The number of aromatic nitrogens is 1. The third-order valence-corrected chi connectivity index (χ3v) is 0.798. The highest BCUT2D eigenvalue weighted by molar-refractivity contribution is 7.03. The Bertz CT molecular complexity index is 234. The lowest BCUT2D eigenvalue weighted by Gasteiger charge is -1.67. The predicted molar refractivity (Wildman–Crippen MR) is 26.5 cm³/mol. The Kier molecular flexibility index (Phi) is 0.252. The summed E-state index contributed by atoms with van der Waals surface area (Å²) in [7, 11) is 0. The highest BCUT2D eigenvalue weighted by Gasteiger charge is 1.76. The Morgan fingerprint density at radius 3 is 3.67 bits per heavy atom. The minimum Gasteiger partial charge on any atom is -0.383 e. The molecule has 0 unspecified atom stereocenters. The van der Waals surface area contributed by atoms with Crippen LogP contribution < -0.4 is 5.72 Å². The maximum atomic E-state index is 7.08. The largest absolute Gasteiger partial charge is 0.383 e. The van der Waals surface area contributed by atoms with Crippen LogP contribution in [0.5, 0.6) is 0 Å². The number of rotatable bonds is 1. The van der Waals surface area contributed by atoms with E-state index in [-0.39, 0.29) is 22.9 Å². The first-order chi connectivity index (χ1) is 4.63. The first-order valence-corrected chi connectivity index (χ1v) is 2.11. The molecule has 0 fully saturated rings. The predicted octanol–water partition coefficient (Wildman–Crippen LogP) is 0.725. The van der Waals surface area contributed by atoms with Crippen molar-refractivity contribution in [3.63, 3.8) is 0 Å². The molecular weight excluding hydrogens is 96.1 g/mol. The van der Waals surface area contributed by atoms with E-state index < -0.39 is 0 Å². The van der Waals surface area contributed by atoms with Gasteiger partial charge < -0.3 is 5.72 Å². The SMILES string of the molecule is [2H]c1snc(N([2H])[2H])c1[2H]. The van der Waals surface area contributed by atoms with Crippen molar-refractivity contribution in [3.8, 4) is 0 Å². The van der Waals surface area contributed by atoms with Gasteiger partial charge in [0, 0.05) is 5.36 Å². The second-order valence-corrected chi connectivity index (χ2v) is 1.30. The third-order valence-electron chi connectivity index (χ3n) is 0.341. The third kappa shape index (κ3) is 0.490. The van der Waals surface area contributed by atoms with Gasteiger partial charge in [-0.2, -0.15) is 4.37 Å². The monoisotopic (exact) mass is 104 g/mol. The lowest BCUT2D eigenvalue weighted by atomic mass is 10.7. The van der Waals surface area contributed by atoms with Gasteiger partial charge in [-0.25, -0.2) is 0 Å². The highest BCUT2D eigenvalue weighted by atomic mass is 32.1. The molecule has 0 saturated carbocycles. The number of anilines is 1. The summed E-state index contributed by atoms with van der Waals surface area (Å²) in [6, 6.07) is -0.157. The molecule has 1 rings (SSSR count). The zero-order valence-electron chi connectivity index (χ0n) is 6.80. The zero-order valence-corrected chi connectivity index (χ0v) is 3.62. The zero-order chi connectivity index (χ0) is 7.72. The fraction of sp³-hybridized carbons (Fsp3) is 0. The van der Waals surface area contributed by atoms with Crippen molar-refractivity contribution in [3.05, 3.63) is 11.4 Å². The van der Waals surface area contributed by atoms with Crippen LogP contribution in [-0.2, 0) is 0 Å². The smallest absolute Gasteiger partial charge is 0.158 e. The average molecular weight is 104 g/mol. The first kappa shape index (κ1) is 1.20. The van der Waals surface area contributed by atoms with Crippen LogP contribution in [0.1, 0.15) is 2.74 Å². The Morgan fingerprint density at radius 1 is 2.33 bits per heavy atom. The molecule has 2 nitrogen and oxygen atoms in total. The summed E-state index contributed by atoms with van der Waals surface area (Å²) >= 11 is 0.807. The summed E-state index contributed by atoms with van der Waals surface area (Å²) in [5, 5.41) is -0.0144.